The van der Waals surface area contributed by atoms with Crippen molar-refractivity contribution >= 4 is 6.09 Å². The maximum atomic E-state index is 13.6. The van der Waals surface area contributed by atoms with Crippen LogP contribution in [0, 0.1) is 0 Å². The number of ether oxygens (including phenoxy) is 1. The Kier molecular flexibility index (Phi) is 4.21. The second-order valence-electron chi connectivity index (χ2n) is 4.77. The summed E-state index contributed by atoms with van der Waals surface area (Å²) in [5, 5.41) is 2.03. The standard InChI is InChI=1S/C12H16F2N2O2/c1-11(2,3)18-10(17)16-8-12(13,14)9-6-4-5-7-15-9/h4-7H,8H2,1-3H3,(H,16,17). The van der Waals surface area contributed by atoms with Crippen molar-refractivity contribution in [3.8, 4) is 0 Å². The number of halogens is 2. The molecule has 1 aromatic rings. The predicted molar refractivity (Wildman–Crippen MR) is 62.4 cm³/mol. The Bertz CT molecular complexity index is 402. The van der Waals surface area contributed by atoms with E-state index in [9.17, 15) is 13.6 Å². The molecule has 0 bridgehead atoms. The third kappa shape index (κ3) is 4.65. The number of pyridine rings is 1. The quantitative estimate of drug-likeness (QED) is 0.906. The smallest absolute Gasteiger partial charge is 0.407 e. The average molecular weight is 258 g/mol. The lowest BCUT2D eigenvalue weighted by molar-refractivity contribution is -0.0129. The highest BCUT2D eigenvalue weighted by atomic mass is 19.3. The zero-order chi connectivity index (χ0) is 13.8. The van der Waals surface area contributed by atoms with E-state index in [1.807, 2.05) is 5.32 Å². The summed E-state index contributed by atoms with van der Waals surface area (Å²) >= 11 is 0. The summed E-state index contributed by atoms with van der Waals surface area (Å²) in [6.07, 6.45) is 0.398. The normalized spacial score (nSPS) is 12.1. The Labute approximate surface area is 104 Å². The number of carbonyl (C=O) groups excluding carboxylic acids is 1. The van der Waals surface area contributed by atoms with Crippen LogP contribution in [-0.2, 0) is 10.7 Å². The summed E-state index contributed by atoms with van der Waals surface area (Å²) in [5.74, 6) is -3.22. The number of alkyl halides is 2. The maximum Gasteiger partial charge on any atom is 0.407 e. The molecule has 0 aromatic carbocycles. The molecule has 4 nitrogen and oxygen atoms in total. The minimum absolute atomic E-state index is 0.388. The van der Waals surface area contributed by atoms with E-state index in [0.717, 1.165) is 0 Å². The lowest BCUT2D eigenvalue weighted by Gasteiger charge is -2.21. The van der Waals surface area contributed by atoms with Gasteiger partial charge in [-0.1, -0.05) is 6.07 Å². The molecular weight excluding hydrogens is 242 g/mol. The van der Waals surface area contributed by atoms with Gasteiger partial charge in [0.25, 0.3) is 0 Å². The fourth-order valence-corrected chi connectivity index (χ4v) is 1.17. The van der Waals surface area contributed by atoms with Gasteiger partial charge in [0.15, 0.2) is 0 Å². The summed E-state index contributed by atoms with van der Waals surface area (Å²) in [7, 11) is 0. The molecule has 0 aliphatic rings. The van der Waals surface area contributed by atoms with Crippen LogP contribution in [-0.4, -0.2) is 23.2 Å². The van der Waals surface area contributed by atoms with Crippen molar-refractivity contribution in [2.75, 3.05) is 6.54 Å². The molecule has 100 valence electrons. The van der Waals surface area contributed by atoms with Gasteiger partial charge < -0.3 is 10.1 Å². The van der Waals surface area contributed by atoms with E-state index in [2.05, 4.69) is 4.98 Å². The lowest BCUT2D eigenvalue weighted by atomic mass is 10.2. The number of rotatable bonds is 3. The van der Waals surface area contributed by atoms with Gasteiger partial charge in [-0.2, -0.15) is 8.78 Å². The molecule has 0 saturated heterocycles. The lowest BCUT2D eigenvalue weighted by Crippen LogP contribution is -2.39. The van der Waals surface area contributed by atoms with Crippen LogP contribution in [0.25, 0.3) is 0 Å². The number of hydrogen-bond acceptors (Lipinski definition) is 3. The largest absolute Gasteiger partial charge is 0.444 e. The predicted octanol–water partition coefficient (Wildman–Crippen LogP) is 2.70. The number of amides is 1. The number of hydrogen-bond donors (Lipinski definition) is 1. The number of nitrogens with one attached hydrogen (secondary N) is 1. The van der Waals surface area contributed by atoms with Crippen molar-refractivity contribution in [1.29, 1.82) is 0 Å². The van der Waals surface area contributed by atoms with Crippen LogP contribution in [0.1, 0.15) is 26.5 Å². The first-order chi connectivity index (χ1) is 8.21. The molecule has 0 fully saturated rings. The SMILES string of the molecule is CC(C)(C)OC(=O)NCC(F)(F)c1ccccn1. The minimum atomic E-state index is -3.22. The van der Waals surface area contributed by atoms with Gasteiger partial charge in [-0.25, -0.2) is 4.79 Å². The first-order valence-electron chi connectivity index (χ1n) is 5.47. The Morgan fingerprint density at radius 3 is 2.56 bits per heavy atom. The topological polar surface area (TPSA) is 51.2 Å². The fraction of sp³-hybridized carbons (Fsp3) is 0.500. The number of nitrogens with zero attached hydrogens (tertiary/aromatic N) is 1. The zero-order valence-electron chi connectivity index (χ0n) is 10.5. The minimum Gasteiger partial charge on any atom is -0.444 e. The Morgan fingerprint density at radius 2 is 2.06 bits per heavy atom. The first kappa shape index (κ1) is 14.3. The molecule has 0 unspecified atom stereocenters. The van der Waals surface area contributed by atoms with Crippen LogP contribution in [0.15, 0.2) is 24.4 Å². The van der Waals surface area contributed by atoms with E-state index in [4.69, 9.17) is 4.74 Å². The van der Waals surface area contributed by atoms with Crippen molar-refractivity contribution in [3.05, 3.63) is 30.1 Å². The highest BCUT2D eigenvalue weighted by Gasteiger charge is 2.34. The van der Waals surface area contributed by atoms with E-state index < -0.39 is 24.2 Å². The van der Waals surface area contributed by atoms with Gasteiger partial charge in [-0.15, -0.1) is 0 Å². The molecule has 1 N–H and O–H groups in total. The number of alkyl carbamates (subject to hydrolysis) is 1. The van der Waals surface area contributed by atoms with E-state index in [1.54, 1.807) is 26.8 Å². The van der Waals surface area contributed by atoms with Crippen LogP contribution in [0.4, 0.5) is 13.6 Å². The molecule has 6 heteroatoms. The Morgan fingerprint density at radius 1 is 1.39 bits per heavy atom. The Balaban J connectivity index is 2.55. The monoisotopic (exact) mass is 258 g/mol. The van der Waals surface area contributed by atoms with Gasteiger partial charge in [0, 0.05) is 6.20 Å². The van der Waals surface area contributed by atoms with Gasteiger partial charge >= 0.3 is 12.0 Å². The molecule has 1 heterocycles. The second kappa shape index (κ2) is 5.29. The van der Waals surface area contributed by atoms with Crippen molar-refractivity contribution in [2.45, 2.75) is 32.3 Å². The second-order valence-corrected chi connectivity index (χ2v) is 4.77. The van der Waals surface area contributed by atoms with Crippen LogP contribution >= 0.6 is 0 Å². The van der Waals surface area contributed by atoms with Crippen molar-refractivity contribution < 1.29 is 18.3 Å². The van der Waals surface area contributed by atoms with Crippen LogP contribution in [0.2, 0.25) is 0 Å². The summed E-state index contributed by atoms with van der Waals surface area (Å²) in [6, 6.07) is 4.21. The van der Waals surface area contributed by atoms with Crippen molar-refractivity contribution in [3.63, 3.8) is 0 Å². The molecule has 0 aliphatic heterocycles. The van der Waals surface area contributed by atoms with Crippen LogP contribution < -0.4 is 5.32 Å². The summed E-state index contributed by atoms with van der Waals surface area (Å²) < 4.78 is 32.1. The van der Waals surface area contributed by atoms with Crippen molar-refractivity contribution in [1.82, 2.24) is 10.3 Å². The highest BCUT2D eigenvalue weighted by Crippen LogP contribution is 2.24. The van der Waals surface area contributed by atoms with E-state index in [1.165, 1.54) is 18.3 Å². The third-order valence-electron chi connectivity index (χ3n) is 1.89. The molecular formula is C12H16F2N2O2. The fourth-order valence-electron chi connectivity index (χ4n) is 1.17. The van der Waals surface area contributed by atoms with E-state index in [-0.39, 0.29) is 5.69 Å². The van der Waals surface area contributed by atoms with Gasteiger partial charge in [0.05, 0.1) is 6.54 Å². The van der Waals surface area contributed by atoms with Crippen LogP contribution in [0.5, 0.6) is 0 Å². The molecule has 0 atom stereocenters. The molecule has 0 spiro atoms. The van der Waals surface area contributed by atoms with E-state index >= 15 is 0 Å². The molecule has 1 rings (SSSR count). The van der Waals surface area contributed by atoms with Crippen LogP contribution in [0.3, 0.4) is 0 Å². The highest BCUT2D eigenvalue weighted by molar-refractivity contribution is 5.67. The van der Waals surface area contributed by atoms with Crippen molar-refractivity contribution in [2.24, 2.45) is 0 Å². The third-order valence-corrected chi connectivity index (χ3v) is 1.89. The molecule has 1 aromatic heterocycles. The first-order valence-corrected chi connectivity index (χ1v) is 5.47. The molecule has 0 saturated carbocycles. The summed E-state index contributed by atoms with van der Waals surface area (Å²) in [6.45, 7) is 4.12. The molecule has 0 aliphatic carbocycles. The van der Waals surface area contributed by atoms with Gasteiger partial charge in [-0.05, 0) is 32.9 Å². The summed E-state index contributed by atoms with van der Waals surface area (Å²) in [4.78, 5) is 14.8. The van der Waals surface area contributed by atoms with Gasteiger partial charge in [-0.3, -0.25) is 4.98 Å². The molecule has 1 amide bonds. The zero-order valence-corrected chi connectivity index (χ0v) is 10.5. The number of aromatic nitrogens is 1. The maximum absolute atomic E-state index is 13.6. The van der Waals surface area contributed by atoms with Gasteiger partial charge in [0.2, 0.25) is 0 Å². The molecule has 18 heavy (non-hydrogen) atoms. The van der Waals surface area contributed by atoms with Gasteiger partial charge in [0.1, 0.15) is 11.3 Å². The average Bonchev–Trinajstić information content (AvgIpc) is 2.26. The number of carbonyl (C=O) groups is 1. The Hall–Kier alpha value is -1.72. The van der Waals surface area contributed by atoms with E-state index in [0.29, 0.717) is 0 Å². The summed E-state index contributed by atoms with van der Waals surface area (Å²) in [5.41, 5.74) is -1.11. The molecule has 0 radical (unpaired) electrons.